The molecule has 0 saturated carbocycles. The van der Waals surface area contributed by atoms with E-state index in [0.29, 0.717) is 0 Å². The highest BCUT2D eigenvalue weighted by Crippen LogP contribution is 2.21. The average molecular weight is 179 g/mol. The maximum absolute atomic E-state index is 3.73. The van der Waals surface area contributed by atoms with E-state index in [1.54, 1.807) is 12.1 Å². The Morgan fingerprint density at radius 3 is 1.86 bits per heavy atom. The van der Waals surface area contributed by atoms with Crippen LogP contribution >= 0.6 is 15.3 Å². The summed E-state index contributed by atoms with van der Waals surface area (Å²) in [6.45, 7) is 0. The van der Waals surface area contributed by atoms with Gasteiger partial charge in [0.15, 0.2) is 0 Å². The summed E-state index contributed by atoms with van der Waals surface area (Å²) in [6, 6.07) is 3.08. The lowest BCUT2D eigenvalue weighted by Gasteiger charge is -2.12. The minimum atomic E-state index is -0.282. The summed E-state index contributed by atoms with van der Waals surface area (Å²) < 4.78 is 0. The van der Waals surface area contributed by atoms with Gasteiger partial charge in [-0.3, -0.25) is 0 Å². The first-order valence-electron chi connectivity index (χ1n) is 3.03. The normalized spacial score (nSPS) is 25.3. The lowest BCUT2D eigenvalue weighted by Crippen LogP contribution is -2.06. The monoisotopic (exact) mass is 178 g/mol. The molecule has 0 amide bonds. The summed E-state index contributed by atoms with van der Waals surface area (Å²) in [5.74, 6) is 0. The van der Waals surface area contributed by atoms with Gasteiger partial charge in [0.2, 0.25) is 0 Å². The molecule has 0 nitrogen and oxygen atoms in total. The van der Waals surface area contributed by atoms with Crippen molar-refractivity contribution < 1.29 is 0 Å². The van der Waals surface area contributed by atoms with Crippen molar-refractivity contribution in [3.8, 4) is 0 Å². The molecule has 1 saturated heterocycles. The summed E-state index contributed by atoms with van der Waals surface area (Å²) in [6.07, 6.45) is 4.50. The number of halogens is 1. The molecule has 0 bridgehead atoms. The van der Waals surface area contributed by atoms with Gasteiger partial charge in [0.05, 0.1) is 0 Å². The zero-order chi connectivity index (χ0) is 5.11. The van der Waals surface area contributed by atoms with Crippen LogP contribution in [0, 0.1) is 0 Å². The summed E-state index contributed by atoms with van der Waals surface area (Å²) in [5.41, 5.74) is 0. The van der Waals surface area contributed by atoms with Crippen molar-refractivity contribution >= 4 is 22.7 Å². The van der Waals surface area contributed by atoms with Crippen molar-refractivity contribution in [2.75, 3.05) is 0 Å². The third-order valence-electron chi connectivity index (χ3n) is 1.53. The van der Waals surface area contributed by atoms with E-state index >= 15 is 0 Å². The Bertz CT molecular complexity index is 50.0. The summed E-state index contributed by atoms with van der Waals surface area (Å²) in [4.78, 5) is 0. The van der Waals surface area contributed by atoms with E-state index in [4.69, 9.17) is 0 Å². The largest absolute Gasteiger partial charge is 0.131 e. The Kier molecular flexibility index (Phi) is 2.39. The number of hydrogen-bond acceptors (Lipinski definition) is 0. The molecule has 1 rings (SSSR count). The van der Waals surface area contributed by atoms with Crippen molar-refractivity contribution in [1.82, 2.24) is 0 Å². The molecule has 0 aliphatic carbocycles. The molecular weight excluding hydrogens is 168 g/mol. The fraction of sp³-hybridized carbons (Fsp3) is 1.00. The molecule has 1 aliphatic rings. The third kappa shape index (κ3) is 1.95. The van der Waals surface area contributed by atoms with E-state index in [-0.39, 0.29) is 7.42 Å². The van der Waals surface area contributed by atoms with Crippen LogP contribution in [-0.4, -0.2) is 7.42 Å². The number of hydrogen-bond donors (Lipinski definition) is 0. The molecular formula is C5H11BrSi. The van der Waals surface area contributed by atoms with E-state index in [9.17, 15) is 0 Å². The first-order valence-corrected chi connectivity index (χ1v) is 7.85. The molecule has 0 aromatic rings. The highest BCUT2D eigenvalue weighted by molar-refractivity contribution is 9.24. The highest BCUT2D eigenvalue weighted by atomic mass is 79.9. The maximum atomic E-state index is 3.73. The van der Waals surface area contributed by atoms with Gasteiger partial charge in [0.25, 0.3) is 0 Å². The van der Waals surface area contributed by atoms with Crippen LogP contribution in [-0.2, 0) is 0 Å². The molecule has 1 heterocycles. The molecule has 7 heavy (non-hydrogen) atoms. The predicted octanol–water partition coefficient (Wildman–Crippen LogP) is 2.29. The summed E-state index contributed by atoms with van der Waals surface area (Å²) >= 11 is 3.73. The molecule has 2 heteroatoms. The van der Waals surface area contributed by atoms with Crippen LogP contribution in [0.2, 0.25) is 12.1 Å². The quantitative estimate of drug-likeness (QED) is 0.395. The average Bonchev–Trinajstić information content (AvgIpc) is 1.69. The van der Waals surface area contributed by atoms with Gasteiger partial charge in [0.1, 0.15) is 7.42 Å². The Morgan fingerprint density at radius 2 is 1.57 bits per heavy atom. The first-order chi connectivity index (χ1) is 3.39. The van der Waals surface area contributed by atoms with Gasteiger partial charge in [-0.15, -0.1) is 15.3 Å². The van der Waals surface area contributed by atoms with E-state index in [1.807, 2.05) is 0 Å². The van der Waals surface area contributed by atoms with E-state index in [1.165, 1.54) is 19.3 Å². The lowest BCUT2D eigenvalue weighted by molar-refractivity contribution is 0.732. The van der Waals surface area contributed by atoms with Crippen LogP contribution in [0.4, 0.5) is 0 Å². The minimum absolute atomic E-state index is 0.282. The molecule has 0 aromatic heterocycles. The van der Waals surface area contributed by atoms with Crippen molar-refractivity contribution in [3.05, 3.63) is 0 Å². The molecule has 0 spiro atoms. The molecule has 0 unspecified atom stereocenters. The topological polar surface area (TPSA) is 0 Å². The van der Waals surface area contributed by atoms with Crippen LogP contribution in [0.15, 0.2) is 0 Å². The minimum Gasteiger partial charge on any atom is -0.131 e. The Hall–Kier alpha value is 0.697. The first kappa shape index (κ1) is 5.83. The summed E-state index contributed by atoms with van der Waals surface area (Å²) in [5, 5.41) is 0. The van der Waals surface area contributed by atoms with Crippen LogP contribution in [0.5, 0.6) is 0 Å². The zero-order valence-electron chi connectivity index (χ0n) is 4.49. The Morgan fingerprint density at radius 1 is 1.00 bits per heavy atom. The standard InChI is InChI=1S/C5H11BrSi/c6-7-4-2-1-3-5-7/h7H,1-5H2. The lowest BCUT2D eigenvalue weighted by atomic mass is 10.3. The second-order valence-corrected chi connectivity index (χ2v) is 8.47. The zero-order valence-corrected chi connectivity index (χ0v) is 7.23. The molecule has 1 fully saturated rings. The Labute approximate surface area is 54.5 Å². The van der Waals surface area contributed by atoms with Gasteiger partial charge in [-0.05, 0) is 0 Å². The molecule has 0 radical (unpaired) electrons. The van der Waals surface area contributed by atoms with Crippen LogP contribution in [0.1, 0.15) is 19.3 Å². The van der Waals surface area contributed by atoms with Gasteiger partial charge >= 0.3 is 0 Å². The molecule has 42 valence electrons. The van der Waals surface area contributed by atoms with Crippen molar-refractivity contribution in [2.45, 2.75) is 31.4 Å². The SMILES string of the molecule is Br[SiH]1CCCCC1. The van der Waals surface area contributed by atoms with Crippen molar-refractivity contribution in [2.24, 2.45) is 0 Å². The number of rotatable bonds is 0. The van der Waals surface area contributed by atoms with Gasteiger partial charge in [-0.1, -0.05) is 31.4 Å². The fourth-order valence-electron chi connectivity index (χ4n) is 1.05. The van der Waals surface area contributed by atoms with Gasteiger partial charge in [-0.25, -0.2) is 0 Å². The smallest absolute Gasteiger partial charge is 0.114 e. The fourth-order valence-corrected chi connectivity index (χ4v) is 4.75. The van der Waals surface area contributed by atoms with Crippen molar-refractivity contribution in [3.63, 3.8) is 0 Å². The van der Waals surface area contributed by atoms with E-state index < -0.39 is 0 Å². The molecule has 0 atom stereocenters. The van der Waals surface area contributed by atoms with E-state index in [0.717, 1.165) is 0 Å². The van der Waals surface area contributed by atoms with Crippen LogP contribution in [0.3, 0.4) is 0 Å². The van der Waals surface area contributed by atoms with Crippen molar-refractivity contribution in [1.29, 1.82) is 0 Å². The van der Waals surface area contributed by atoms with Gasteiger partial charge in [-0.2, -0.15) is 0 Å². The van der Waals surface area contributed by atoms with E-state index in [2.05, 4.69) is 15.3 Å². The maximum Gasteiger partial charge on any atom is 0.114 e. The van der Waals surface area contributed by atoms with Gasteiger partial charge in [0, 0.05) is 0 Å². The molecule has 1 aliphatic heterocycles. The Balaban J connectivity index is 2.12. The van der Waals surface area contributed by atoms with Crippen LogP contribution in [0.25, 0.3) is 0 Å². The molecule has 0 aromatic carbocycles. The van der Waals surface area contributed by atoms with Crippen LogP contribution < -0.4 is 0 Å². The second kappa shape index (κ2) is 2.87. The highest BCUT2D eigenvalue weighted by Gasteiger charge is 2.09. The molecule has 0 N–H and O–H groups in total. The third-order valence-corrected chi connectivity index (χ3v) is 6.35. The van der Waals surface area contributed by atoms with Gasteiger partial charge < -0.3 is 0 Å². The summed E-state index contributed by atoms with van der Waals surface area (Å²) in [7, 11) is -0.282. The second-order valence-electron chi connectivity index (χ2n) is 2.24. The predicted molar refractivity (Wildman–Crippen MR) is 39.5 cm³/mol.